The van der Waals surface area contributed by atoms with Crippen LogP contribution in [0.4, 0.5) is 5.69 Å². The molecule has 29 heavy (non-hydrogen) atoms. The van der Waals surface area contributed by atoms with E-state index in [1.54, 1.807) is 0 Å². The minimum Gasteiger partial charge on any atom is -1.00 e. The highest BCUT2D eigenvalue weighted by atomic mass is 127. The molecule has 0 spiro atoms. The lowest BCUT2D eigenvalue weighted by Crippen LogP contribution is -3.00. The minimum absolute atomic E-state index is 0. The van der Waals surface area contributed by atoms with E-state index in [4.69, 9.17) is 0 Å². The van der Waals surface area contributed by atoms with Gasteiger partial charge in [0.25, 0.3) is 5.65 Å². The van der Waals surface area contributed by atoms with Crippen molar-refractivity contribution < 1.29 is 28.4 Å². The fourth-order valence-electron chi connectivity index (χ4n) is 4.79. The first kappa shape index (κ1) is 18.7. The number of anilines is 1. The first-order valence-corrected chi connectivity index (χ1v) is 10.4. The molecular formula is C25H24IN3. The molecule has 0 aliphatic carbocycles. The fourth-order valence-corrected chi connectivity index (χ4v) is 4.79. The number of nitrogens with zero attached hydrogens (tertiary/aromatic N) is 3. The van der Waals surface area contributed by atoms with E-state index in [1.807, 2.05) is 0 Å². The molecule has 3 nitrogen and oxygen atoms in total. The van der Waals surface area contributed by atoms with Crippen molar-refractivity contribution in [3.05, 3.63) is 72.4 Å². The summed E-state index contributed by atoms with van der Waals surface area (Å²) in [4.78, 5) is 2.50. The number of hydrogen-bond donors (Lipinski definition) is 0. The SMILES string of the molecule is CCc1ccc2c(ccc3c[n+]4c5ccc(N6CCCC6)cc5ccc4n32)c1.[I-]. The summed E-state index contributed by atoms with van der Waals surface area (Å²) in [5.41, 5.74) is 7.72. The number of aryl methyl sites for hydroxylation is 1. The number of halogens is 1. The molecular weight excluding hydrogens is 469 g/mol. The predicted molar refractivity (Wildman–Crippen MR) is 116 cm³/mol. The summed E-state index contributed by atoms with van der Waals surface area (Å²) in [6, 6.07) is 22.8. The van der Waals surface area contributed by atoms with Crippen molar-refractivity contribution in [3.8, 4) is 0 Å². The van der Waals surface area contributed by atoms with Gasteiger partial charge in [0.2, 0.25) is 0 Å². The molecule has 0 unspecified atom stereocenters. The molecule has 0 amide bonds. The zero-order chi connectivity index (χ0) is 18.7. The van der Waals surface area contributed by atoms with Crippen LogP contribution in [0.25, 0.3) is 33.0 Å². The largest absolute Gasteiger partial charge is 1.00 e. The normalized spacial score (nSPS) is 14.3. The maximum absolute atomic E-state index is 2.50. The third kappa shape index (κ3) is 2.88. The Morgan fingerprint density at radius 1 is 0.862 bits per heavy atom. The van der Waals surface area contributed by atoms with Crippen LogP contribution in [0.5, 0.6) is 0 Å². The second-order valence-corrected chi connectivity index (χ2v) is 7.97. The molecule has 1 aliphatic rings. The van der Waals surface area contributed by atoms with Gasteiger partial charge in [-0.15, -0.1) is 0 Å². The summed E-state index contributed by atoms with van der Waals surface area (Å²) < 4.78 is 4.72. The smallest absolute Gasteiger partial charge is 0.292 e. The van der Waals surface area contributed by atoms with Gasteiger partial charge >= 0.3 is 0 Å². The van der Waals surface area contributed by atoms with Gasteiger partial charge in [-0.2, -0.15) is 8.80 Å². The van der Waals surface area contributed by atoms with E-state index in [9.17, 15) is 0 Å². The van der Waals surface area contributed by atoms with Gasteiger partial charge < -0.3 is 28.9 Å². The molecule has 1 fully saturated rings. The van der Waals surface area contributed by atoms with E-state index >= 15 is 0 Å². The van der Waals surface area contributed by atoms with E-state index in [0.717, 1.165) is 6.42 Å². The zero-order valence-electron chi connectivity index (χ0n) is 16.6. The number of hydrogen-bond acceptors (Lipinski definition) is 1. The highest BCUT2D eigenvalue weighted by Crippen LogP contribution is 2.26. The van der Waals surface area contributed by atoms with Crippen molar-refractivity contribution in [2.75, 3.05) is 18.0 Å². The molecule has 0 atom stereocenters. The molecule has 0 bridgehead atoms. The monoisotopic (exact) mass is 493 g/mol. The van der Waals surface area contributed by atoms with Gasteiger partial charge in [-0.3, -0.25) is 0 Å². The molecule has 0 radical (unpaired) electrons. The van der Waals surface area contributed by atoms with Crippen molar-refractivity contribution in [1.29, 1.82) is 0 Å². The Morgan fingerprint density at radius 2 is 1.69 bits per heavy atom. The number of rotatable bonds is 2. The van der Waals surface area contributed by atoms with Gasteiger partial charge in [0.1, 0.15) is 17.2 Å². The Bertz CT molecular complexity index is 1360. The summed E-state index contributed by atoms with van der Waals surface area (Å²) in [5.74, 6) is 0. The summed E-state index contributed by atoms with van der Waals surface area (Å²) in [6.07, 6.45) is 5.95. The summed E-state index contributed by atoms with van der Waals surface area (Å²) in [7, 11) is 0. The standard InChI is InChI=1S/C25H24N3.HI/c1-2-18-5-10-24-19(15-18)6-8-22-17-27-23-11-9-21(26-13-3-4-14-26)16-20(23)7-12-25(27)28(22)24;/h5-12,15-17H,2-4,13-14H2,1H3;1H/q+1;/p-1. The maximum atomic E-state index is 2.50. The summed E-state index contributed by atoms with van der Waals surface area (Å²) in [6.45, 7) is 4.58. The number of benzene rings is 2. The van der Waals surface area contributed by atoms with Crippen LogP contribution in [0.2, 0.25) is 0 Å². The van der Waals surface area contributed by atoms with Crippen LogP contribution in [-0.4, -0.2) is 17.5 Å². The molecule has 0 saturated carbocycles. The third-order valence-corrected chi connectivity index (χ3v) is 6.32. The van der Waals surface area contributed by atoms with Crippen LogP contribution in [-0.2, 0) is 6.42 Å². The lowest BCUT2D eigenvalue weighted by molar-refractivity contribution is -0.479. The van der Waals surface area contributed by atoms with Gasteiger partial charge in [0, 0.05) is 35.6 Å². The number of fused-ring (bicyclic) bond motifs is 7. The Morgan fingerprint density at radius 3 is 2.52 bits per heavy atom. The van der Waals surface area contributed by atoms with Crippen molar-refractivity contribution in [1.82, 2.24) is 4.40 Å². The number of aromatic nitrogens is 2. The molecule has 6 rings (SSSR count). The fraction of sp³-hybridized carbons (Fsp3) is 0.240. The van der Waals surface area contributed by atoms with E-state index in [0.29, 0.717) is 0 Å². The van der Waals surface area contributed by atoms with Crippen molar-refractivity contribution in [2.24, 2.45) is 0 Å². The molecule has 1 aliphatic heterocycles. The minimum atomic E-state index is 0. The molecule has 1 saturated heterocycles. The van der Waals surface area contributed by atoms with E-state index in [2.05, 4.69) is 87.5 Å². The first-order chi connectivity index (χ1) is 13.8. The average Bonchev–Trinajstić information content (AvgIpc) is 3.40. The van der Waals surface area contributed by atoms with E-state index in [-0.39, 0.29) is 24.0 Å². The van der Waals surface area contributed by atoms with Crippen LogP contribution in [0.1, 0.15) is 25.3 Å². The lowest BCUT2D eigenvalue weighted by atomic mass is 10.1. The molecule has 4 heteroatoms. The Labute approximate surface area is 187 Å². The van der Waals surface area contributed by atoms with Gasteiger partial charge in [-0.05, 0) is 73.4 Å². The summed E-state index contributed by atoms with van der Waals surface area (Å²) in [5, 5.41) is 2.60. The van der Waals surface area contributed by atoms with Crippen LogP contribution < -0.4 is 33.3 Å². The molecule has 0 N–H and O–H groups in total. The Kier molecular flexibility index (Phi) is 4.62. The average molecular weight is 493 g/mol. The molecule has 2 aromatic carbocycles. The maximum Gasteiger partial charge on any atom is 0.292 e. The predicted octanol–water partition coefficient (Wildman–Crippen LogP) is 2.15. The third-order valence-electron chi connectivity index (χ3n) is 6.32. The molecule has 3 aromatic heterocycles. The number of pyridine rings is 2. The van der Waals surface area contributed by atoms with Crippen molar-refractivity contribution in [3.63, 3.8) is 0 Å². The molecule has 146 valence electrons. The number of imidazole rings is 1. The second-order valence-electron chi connectivity index (χ2n) is 7.97. The highest BCUT2D eigenvalue weighted by Gasteiger charge is 2.18. The topological polar surface area (TPSA) is 11.8 Å². The van der Waals surface area contributed by atoms with Crippen LogP contribution in [0.15, 0.2) is 66.9 Å². The highest BCUT2D eigenvalue weighted by molar-refractivity contribution is 5.87. The van der Waals surface area contributed by atoms with Gasteiger partial charge in [0.15, 0.2) is 5.52 Å². The summed E-state index contributed by atoms with van der Waals surface area (Å²) >= 11 is 0. The molecule has 5 aromatic rings. The van der Waals surface area contributed by atoms with Gasteiger partial charge in [-0.1, -0.05) is 13.0 Å². The lowest BCUT2D eigenvalue weighted by Gasteiger charge is -2.17. The van der Waals surface area contributed by atoms with Gasteiger partial charge in [-0.25, -0.2) is 0 Å². The van der Waals surface area contributed by atoms with Crippen molar-refractivity contribution >= 4 is 38.7 Å². The Hall–Kier alpha value is -2.34. The zero-order valence-corrected chi connectivity index (χ0v) is 18.8. The molecule has 4 heterocycles. The Balaban J connectivity index is 0.00000181. The van der Waals surface area contributed by atoms with Gasteiger partial charge in [0.05, 0.1) is 0 Å². The quantitative estimate of drug-likeness (QED) is 0.271. The second kappa shape index (κ2) is 7.17. The van der Waals surface area contributed by atoms with Crippen LogP contribution >= 0.6 is 0 Å². The van der Waals surface area contributed by atoms with Crippen molar-refractivity contribution in [2.45, 2.75) is 26.2 Å². The van der Waals surface area contributed by atoms with E-state index in [1.165, 1.54) is 70.2 Å². The van der Waals surface area contributed by atoms with Crippen LogP contribution in [0, 0.1) is 0 Å². The van der Waals surface area contributed by atoms with Crippen LogP contribution in [0.3, 0.4) is 0 Å². The van der Waals surface area contributed by atoms with E-state index < -0.39 is 0 Å². The first-order valence-electron chi connectivity index (χ1n) is 10.4.